The van der Waals surface area contributed by atoms with E-state index in [4.69, 9.17) is 11.6 Å². The quantitative estimate of drug-likeness (QED) is 0.464. The van der Waals surface area contributed by atoms with Gasteiger partial charge in [-0.1, -0.05) is 23.7 Å². The van der Waals surface area contributed by atoms with Crippen molar-refractivity contribution in [3.8, 4) is 5.75 Å². The lowest BCUT2D eigenvalue weighted by molar-refractivity contribution is 0.0695. The summed E-state index contributed by atoms with van der Waals surface area (Å²) in [5.41, 5.74) is -0.899. The maximum absolute atomic E-state index is 13.3. The minimum absolute atomic E-state index is 0.00756. The van der Waals surface area contributed by atoms with E-state index in [1.165, 1.54) is 34.0 Å². The van der Waals surface area contributed by atoms with E-state index < -0.39 is 28.8 Å². The Morgan fingerprint density at radius 3 is 2.78 bits per heavy atom. The molecule has 0 bridgehead atoms. The van der Waals surface area contributed by atoms with Crippen LogP contribution in [-0.2, 0) is 6.54 Å². The van der Waals surface area contributed by atoms with Gasteiger partial charge < -0.3 is 15.3 Å². The highest BCUT2D eigenvalue weighted by Crippen LogP contribution is 2.22. The molecule has 1 aromatic heterocycles. The van der Waals surface area contributed by atoms with Crippen LogP contribution in [0.25, 0.3) is 0 Å². The van der Waals surface area contributed by atoms with Crippen molar-refractivity contribution < 1.29 is 19.1 Å². The van der Waals surface area contributed by atoms with Crippen LogP contribution in [0, 0.1) is 5.82 Å². The predicted molar refractivity (Wildman–Crippen MR) is 119 cm³/mol. The number of pyridine rings is 1. The Balaban J connectivity index is 1.93. The Morgan fingerprint density at radius 1 is 1.38 bits per heavy atom. The maximum atomic E-state index is 13.3. The molecule has 2 heterocycles. The van der Waals surface area contributed by atoms with Crippen molar-refractivity contribution in [2.24, 2.45) is 0 Å². The molecular weight excluding hydrogens is 439 g/mol. The zero-order valence-electron chi connectivity index (χ0n) is 17.6. The standard InChI is InChI=1S/C22H24ClFN4O4/c1-3-5-6-9-27-13-26(4-2)22(32)18-20(30)19(29)15(12-28(18)27)21(31)25-11-14-7-8-17(24)16(23)10-14/h3,7-8,10,12,30H,1,4-6,9,11,13H2,2H3,(H,25,31). The van der Waals surface area contributed by atoms with Gasteiger partial charge in [0.25, 0.3) is 11.8 Å². The summed E-state index contributed by atoms with van der Waals surface area (Å²) in [7, 11) is 0. The van der Waals surface area contributed by atoms with Gasteiger partial charge in [0.15, 0.2) is 11.4 Å². The third kappa shape index (κ3) is 4.62. The lowest BCUT2D eigenvalue weighted by atomic mass is 10.1. The van der Waals surface area contributed by atoms with Crippen molar-refractivity contribution in [1.82, 2.24) is 14.9 Å². The normalized spacial score (nSPS) is 13.2. The molecule has 2 N–H and O–H groups in total. The van der Waals surface area contributed by atoms with Crippen LogP contribution in [0.4, 0.5) is 4.39 Å². The van der Waals surface area contributed by atoms with Crippen molar-refractivity contribution >= 4 is 23.4 Å². The molecule has 1 aliphatic heterocycles. The number of nitrogens with zero attached hydrogens (tertiary/aromatic N) is 3. The highest BCUT2D eigenvalue weighted by atomic mass is 35.5. The molecule has 1 aromatic carbocycles. The molecule has 2 amide bonds. The minimum atomic E-state index is -0.941. The fourth-order valence-electron chi connectivity index (χ4n) is 3.42. The summed E-state index contributed by atoms with van der Waals surface area (Å²) in [5.74, 6) is -2.59. The van der Waals surface area contributed by atoms with Crippen LogP contribution >= 0.6 is 11.6 Å². The first kappa shape index (κ1) is 23.3. The number of hydrogen-bond acceptors (Lipinski definition) is 5. The third-order valence-electron chi connectivity index (χ3n) is 5.18. The second-order valence-corrected chi connectivity index (χ2v) is 7.72. The van der Waals surface area contributed by atoms with Crippen LogP contribution in [0.2, 0.25) is 5.02 Å². The molecular formula is C22H24ClFN4O4. The number of aromatic hydroxyl groups is 1. The molecule has 2 aromatic rings. The summed E-state index contributed by atoms with van der Waals surface area (Å²) in [6.45, 7) is 6.65. The van der Waals surface area contributed by atoms with Gasteiger partial charge in [0.05, 0.1) is 5.02 Å². The van der Waals surface area contributed by atoms with Gasteiger partial charge in [-0.3, -0.25) is 24.1 Å². The van der Waals surface area contributed by atoms with E-state index in [9.17, 15) is 23.9 Å². The van der Waals surface area contributed by atoms with Crippen molar-refractivity contribution in [2.45, 2.75) is 26.3 Å². The van der Waals surface area contributed by atoms with Gasteiger partial charge in [0.2, 0.25) is 5.43 Å². The fraction of sp³-hybridized carbons (Fsp3) is 0.318. The van der Waals surface area contributed by atoms with Crippen LogP contribution in [0.1, 0.15) is 46.2 Å². The maximum Gasteiger partial charge on any atom is 0.277 e. The summed E-state index contributed by atoms with van der Waals surface area (Å²) < 4.78 is 14.7. The van der Waals surface area contributed by atoms with Gasteiger partial charge >= 0.3 is 0 Å². The largest absolute Gasteiger partial charge is 0.502 e. The number of hydrogen-bond donors (Lipinski definition) is 2. The molecule has 0 saturated carbocycles. The number of fused-ring (bicyclic) bond motifs is 1. The van der Waals surface area contributed by atoms with Crippen LogP contribution < -0.4 is 15.8 Å². The third-order valence-corrected chi connectivity index (χ3v) is 5.47. The van der Waals surface area contributed by atoms with E-state index >= 15 is 0 Å². The summed E-state index contributed by atoms with van der Waals surface area (Å²) in [6.07, 6.45) is 4.51. The highest BCUT2D eigenvalue weighted by molar-refractivity contribution is 6.30. The number of carbonyl (C=O) groups excluding carboxylic acids is 2. The Hall–Kier alpha value is -3.33. The average Bonchev–Trinajstić information content (AvgIpc) is 2.77. The smallest absolute Gasteiger partial charge is 0.277 e. The van der Waals surface area contributed by atoms with Gasteiger partial charge in [-0.15, -0.1) is 6.58 Å². The number of allylic oxidation sites excluding steroid dienone is 1. The van der Waals surface area contributed by atoms with Gasteiger partial charge in [0.1, 0.15) is 18.0 Å². The number of halogens is 2. The lowest BCUT2D eigenvalue weighted by Crippen LogP contribution is -2.54. The van der Waals surface area contributed by atoms with E-state index in [0.29, 0.717) is 18.7 Å². The number of benzene rings is 1. The second-order valence-electron chi connectivity index (χ2n) is 7.31. The molecule has 0 fully saturated rings. The fourth-order valence-corrected chi connectivity index (χ4v) is 3.62. The highest BCUT2D eigenvalue weighted by Gasteiger charge is 2.33. The SMILES string of the molecule is C=CCCCN1CN(CC)C(=O)c2c(O)c(=O)c(C(=O)NCc3ccc(F)c(Cl)c3)cn21. The molecule has 0 atom stereocenters. The number of aromatic nitrogens is 1. The molecule has 0 aliphatic carbocycles. The van der Waals surface area contributed by atoms with Crippen LogP contribution in [0.15, 0.2) is 41.8 Å². The molecule has 0 spiro atoms. The van der Waals surface area contributed by atoms with Gasteiger partial charge in [-0.25, -0.2) is 4.39 Å². The molecule has 8 nitrogen and oxygen atoms in total. The van der Waals surface area contributed by atoms with Crippen LogP contribution in [0.5, 0.6) is 5.75 Å². The predicted octanol–water partition coefficient (Wildman–Crippen LogP) is 2.61. The number of carbonyl (C=O) groups is 2. The summed E-state index contributed by atoms with van der Waals surface area (Å²) in [5, 5.41) is 14.8. The number of unbranched alkanes of at least 4 members (excludes halogenated alkanes) is 1. The van der Waals surface area contributed by atoms with E-state index in [1.54, 1.807) is 18.0 Å². The Kier molecular flexibility index (Phi) is 7.19. The first-order valence-corrected chi connectivity index (χ1v) is 10.5. The number of nitrogens with one attached hydrogen (secondary N) is 1. The molecule has 170 valence electrons. The summed E-state index contributed by atoms with van der Waals surface area (Å²) in [6, 6.07) is 4.00. The van der Waals surface area contributed by atoms with E-state index in [-0.39, 0.29) is 29.5 Å². The molecule has 0 saturated heterocycles. The molecule has 32 heavy (non-hydrogen) atoms. The first-order valence-electron chi connectivity index (χ1n) is 10.1. The van der Waals surface area contributed by atoms with E-state index in [1.807, 2.05) is 0 Å². The van der Waals surface area contributed by atoms with E-state index in [2.05, 4.69) is 11.9 Å². The Morgan fingerprint density at radius 2 is 2.12 bits per heavy atom. The molecule has 10 heteroatoms. The summed E-state index contributed by atoms with van der Waals surface area (Å²) in [4.78, 5) is 39.7. The first-order chi connectivity index (χ1) is 15.3. The molecule has 0 radical (unpaired) electrons. The Labute approximate surface area is 189 Å². The molecule has 1 aliphatic rings. The van der Waals surface area contributed by atoms with Crippen molar-refractivity contribution in [3.05, 3.63) is 74.9 Å². The average molecular weight is 463 g/mol. The van der Waals surface area contributed by atoms with Gasteiger partial charge in [-0.05, 0) is 37.5 Å². The number of rotatable bonds is 8. The second kappa shape index (κ2) is 9.86. The zero-order valence-corrected chi connectivity index (χ0v) is 18.4. The summed E-state index contributed by atoms with van der Waals surface area (Å²) >= 11 is 5.76. The zero-order chi connectivity index (χ0) is 23.4. The molecule has 3 rings (SSSR count). The van der Waals surface area contributed by atoms with Crippen LogP contribution in [0.3, 0.4) is 0 Å². The minimum Gasteiger partial charge on any atom is -0.502 e. The van der Waals surface area contributed by atoms with Gasteiger partial charge in [0, 0.05) is 25.8 Å². The Bertz CT molecular complexity index is 1120. The number of amides is 2. The topological polar surface area (TPSA) is 94.9 Å². The van der Waals surface area contributed by atoms with Gasteiger partial charge in [-0.2, -0.15) is 0 Å². The monoisotopic (exact) mass is 462 g/mol. The van der Waals surface area contributed by atoms with E-state index in [0.717, 1.165) is 12.8 Å². The van der Waals surface area contributed by atoms with Crippen molar-refractivity contribution in [1.29, 1.82) is 0 Å². The van der Waals surface area contributed by atoms with Crippen molar-refractivity contribution in [2.75, 3.05) is 24.8 Å². The molecule has 0 unspecified atom stereocenters. The lowest BCUT2D eigenvalue weighted by Gasteiger charge is -2.39. The van der Waals surface area contributed by atoms with Crippen LogP contribution in [-0.4, -0.2) is 46.3 Å². The van der Waals surface area contributed by atoms with Crippen molar-refractivity contribution in [3.63, 3.8) is 0 Å².